The number of allylic oxidation sites excluding steroid dienone is 1. The van der Waals surface area contributed by atoms with Crippen molar-refractivity contribution in [2.75, 3.05) is 5.43 Å². The molecule has 1 aromatic carbocycles. The third-order valence-corrected chi connectivity index (χ3v) is 4.91. The highest BCUT2D eigenvalue weighted by molar-refractivity contribution is 5.79. The van der Waals surface area contributed by atoms with Gasteiger partial charge in [-0.15, -0.1) is 0 Å². The lowest BCUT2D eigenvalue weighted by Gasteiger charge is -2.09. The van der Waals surface area contributed by atoms with E-state index in [1.165, 1.54) is 42.1 Å². The van der Waals surface area contributed by atoms with Crippen molar-refractivity contribution in [1.82, 2.24) is 18.7 Å². The lowest BCUT2D eigenvalue weighted by Crippen LogP contribution is -2.37. The van der Waals surface area contributed by atoms with Gasteiger partial charge in [-0.3, -0.25) is 28.6 Å². The van der Waals surface area contributed by atoms with Crippen LogP contribution in [0.5, 0.6) is 0 Å². The van der Waals surface area contributed by atoms with Crippen molar-refractivity contribution in [3.63, 3.8) is 0 Å². The van der Waals surface area contributed by atoms with Crippen LogP contribution in [-0.2, 0) is 20.6 Å². The lowest BCUT2D eigenvalue weighted by atomic mass is 10.2. The molecule has 4 rings (SSSR count). The van der Waals surface area contributed by atoms with Gasteiger partial charge in [0.05, 0.1) is 12.6 Å². The number of anilines is 1. The zero-order chi connectivity index (χ0) is 23.5. The summed E-state index contributed by atoms with van der Waals surface area (Å²) < 4.78 is 9.02. The Morgan fingerprint density at radius 1 is 1.15 bits per heavy atom. The quantitative estimate of drug-likeness (QED) is 0.259. The molecule has 12 heteroatoms. The van der Waals surface area contributed by atoms with Gasteiger partial charge in [-0.2, -0.15) is 10.1 Å². The summed E-state index contributed by atoms with van der Waals surface area (Å²) in [6, 6.07) is 12.2. The number of nitro groups is 1. The molecule has 0 aliphatic carbocycles. The molecule has 0 saturated carbocycles. The summed E-state index contributed by atoms with van der Waals surface area (Å²) >= 11 is 0. The van der Waals surface area contributed by atoms with Crippen LogP contribution in [0.3, 0.4) is 0 Å². The molecule has 0 amide bonds. The molecule has 0 spiro atoms. The van der Waals surface area contributed by atoms with Crippen LogP contribution in [0, 0.1) is 10.1 Å². The molecule has 4 aromatic rings. The molecule has 33 heavy (non-hydrogen) atoms. The van der Waals surface area contributed by atoms with Crippen molar-refractivity contribution in [3.05, 3.63) is 90.8 Å². The molecular formula is C21H19N7O5. The first kappa shape index (κ1) is 21.5. The van der Waals surface area contributed by atoms with Gasteiger partial charge in [-0.25, -0.2) is 10.2 Å². The molecule has 12 nitrogen and oxygen atoms in total. The second kappa shape index (κ2) is 8.78. The van der Waals surface area contributed by atoms with E-state index in [-0.39, 0.29) is 23.0 Å². The highest BCUT2D eigenvalue weighted by Crippen LogP contribution is 2.18. The largest absolute Gasteiger partial charge is 0.433 e. The van der Waals surface area contributed by atoms with Crippen LogP contribution < -0.4 is 16.7 Å². The number of furan rings is 1. The van der Waals surface area contributed by atoms with E-state index < -0.39 is 16.2 Å². The molecule has 3 aromatic heterocycles. The topological polar surface area (TPSA) is 142 Å². The van der Waals surface area contributed by atoms with E-state index in [9.17, 15) is 19.7 Å². The molecule has 0 atom stereocenters. The van der Waals surface area contributed by atoms with E-state index in [0.29, 0.717) is 12.3 Å². The number of hydrogen-bond donors (Lipinski definition) is 1. The van der Waals surface area contributed by atoms with Gasteiger partial charge in [-0.1, -0.05) is 30.3 Å². The highest BCUT2D eigenvalue weighted by Gasteiger charge is 2.19. The Kier molecular flexibility index (Phi) is 5.72. The van der Waals surface area contributed by atoms with Crippen LogP contribution in [0.15, 0.2) is 67.6 Å². The number of rotatable bonds is 7. The Morgan fingerprint density at radius 3 is 2.61 bits per heavy atom. The van der Waals surface area contributed by atoms with Gasteiger partial charge in [-0.05, 0) is 23.8 Å². The van der Waals surface area contributed by atoms with Crippen molar-refractivity contribution < 1.29 is 9.34 Å². The smallest absolute Gasteiger partial charge is 0.401 e. The zero-order valence-corrected chi connectivity index (χ0v) is 17.7. The molecule has 3 heterocycles. The van der Waals surface area contributed by atoms with E-state index >= 15 is 0 Å². The fourth-order valence-corrected chi connectivity index (χ4v) is 3.26. The molecular weight excluding hydrogens is 430 g/mol. The maximum Gasteiger partial charge on any atom is 0.433 e. The van der Waals surface area contributed by atoms with Crippen LogP contribution in [0.25, 0.3) is 17.2 Å². The third-order valence-electron chi connectivity index (χ3n) is 4.91. The van der Waals surface area contributed by atoms with Crippen LogP contribution >= 0.6 is 0 Å². The molecule has 0 saturated heterocycles. The highest BCUT2D eigenvalue weighted by atomic mass is 16.6. The number of fused-ring (bicyclic) bond motifs is 1. The minimum Gasteiger partial charge on any atom is -0.401 e. The molecule has 1 N–H and O–H groups in total. The van der Waals surface area contributed by atoms with Crippen LogP contribution in [0.2, 0.25) is 0 Å². The summed E-state index contributed by atoms with van der Waals surface area (Å²) in [5.41, 5.74) is 3.27. The summed E-state index contributed by atoms with van der Waals surface area (Å²) in [7, 11) is 2.96. The molecule has 0 aliphatic heterocycles. The predicted octanol–water partition coefficient (Wildman–Crippen LogP) is 2.09. The van der Waals surface area contributed by atoms with E-state index in [1.54, 1.807) is 11.6 Å². The first-order valence-electron chi connectivity index (χ1n) is 9.77. The molecule has 0 unspecified atom stereocenters. The Labute approximate surface area is 185 Å². The number of hydrazone groups is 1. The van der Waals surface area contributed by atoms with Crippen molar-refractivity contribution in [2.45, 2.75) is 6.54 Å². The lowest BCUT2D eigenvalue weighted by molar-refractivity contribution is -0.402. The second-order valence-corrected chi connectivity index (χ2v) is 7.07. The van der Waals surface area contributed by atoms with Crippen LogP contribution in [0.1, 0.15) is 11.3 Å². The Morgan fingerprint density at radius 2 is 1.91 bits per heavy atom. The van der Waals surface area contributed by atoms with E-state index in [2.05, 4.69) is 15.5 Å². The zero-order valence-electron chi connectivity index (χ0n) is 17.7. The van der Waals surface area contributed by atoms with Gasteiger partial charge in [0.25, 0.3) is 5.56 Å². The summed E-state index contributed by atoms with van der Waals surface area (Å²) in [6.45, 7) is 0.328. The van der Waals surface area contributed by atoms with Gasteiger partial charge in [0.2, 0.25) is 5.95 Å². The molecule has 0 bridgehead atoms. The Bertz CT molecular complexity index is 1510. The van der Waals surface area contributed by atoms with Crippen molar-refractivity contribution in [1.29, 1.82) is 0 Å². The third kappa shape index (κ3) is 4.21. The molecule has 0 radical (unpaired) electrons. The van der Waals surface area contributed by atoms with Crippen LogP contribution in [-0.4, -0.2) is 29.8 Å². The van der Waals surface area contributed by atoms with Crippen molar-refractivity contribution in [3.8, 4) is 0 Å². The van der Waals surface area contributed by atoms with Crippen molar-refractivity contribution in [2.24, 2.45) is 19.2 Å². The number of aromatic nitrogens is 4. The second-order valence-electron chi connectivity index (χ2n) is 7.07. The number of nitrogens with zero attached hydrogens (tertiary/aromatic N) is 6. The van der Waals surface area contributed by atoms with Gasteiger partial charge in [0.1, 0.15) is 10.7 Å². The van der Waals surface area contributed by atoms with E-state index in [1.807, 2.05) is 30.3 Å². The summed E-state index contributed by atoms with van der Waals surface area (Å²) in [5, 5.41) is 14.8. The SMILES string of the molecule is Cn1c(=O)c2c(nc(N/N=C/C=C/c3ccc([N+](=O)[O-])o3)n2Cc2ccccc2)n(C)c1=O. The summed E-state index contributed by atoms with van der Waals surface area (Å²) in [5.74, 6) is 0.208. The molecule has 0 fully saturated rings. The number of imidazole rings is 1. The maximum atomic E-state index is 12.9. The van der Waals surface area contributed by atoms with Gasteiger partial charge >= 0.3 is 11.6 Å². The number of hydrogen-bond acceptors (Lipinski definition) is 8. The Hall–Kier alpha value is -4.74. The predicted molar refractivity (Wildman–Crippen MR) is 122 cm³/mol. The summed E-state index contributed by atoms with van der Waals surface area (Å²) in [4.78, 5) is 39.7. The average Bonchev–Trinajstić information content (AvgIpc) is 3.42. The minimum absolute atomic E-state index is 0.232. The molecule has 168 valence electrons. The van der Waals surface area contributed by atoms with Gasteiger partial charge in [0, 0.05) is 20.3 Å². The monoisotopic (exact) mass is 449 g/mol. The summed E-state index contributed by atoms with van der Waals surface area (Å²) in [6.07, 6.45) is 4.43. The normalized spacial score (nSPS) is 11.7. The van der Waals surface area contributed by atoms with Crippen LogP contribution in [0.4, 0.5) is 11.8 Å². The molecule has 0 aliphatic rings. The van der Waals surface area contributed by atoms with E-state index in [4.69, 9.17) is 4.42 Å². The maximum absolute atomic E-state index is 12.9. The number of nitrogens with one attached hydrogen (secondary N) is 1. The minimum atomic E-state index is -0.623. The fraction of sp³-hybridized carbons (Fsp3) is 0.143. The average molecular weight is 449 g/mol. The van der Waals surface area contributed by atoms with E-state index in [0.717, 1.165) is 10.1 Å². The number of benzene rings is 1. The standard InChI is InChI=1S/C21H19N7O5/c1-25-18-17(19(29)26(2)21(25)30)27(13-14-7-4-3-5-8-14)20(23-18)24-22-12-6-9-15-10-11-16(33-15)28(31)32/h3-12H,13H2,1-2H3,(H,23,24)/b9-6+,22-12+. The Balaban J connectivity index is 1.67. The first-order chi connectivity index (χ1) is 15.9. The number of aryl methyl sites for hydroxylation is 1. The first-order valence-corrected chi connectivity index (χ1v) is 9.77. The van der Waals surface area contributed by atoms with Gasteiger partial charge < -0.3 is 4.42 Å². The fourth-order valence-electron chi connectivity index (χ4n) is 3.26. The van der Waals surface area contributed by atoms with Gasteiger partial charge in [0.15, 0.2) is 11.2 Å². The van der Waals surface area contributed by atoms with Crippen molar-refractivity contribution >= 4 is 35.3 Å².